The fourth-order valence-electron chi connectivity index (χ4n) is 2.24. The van der Waals surface area contributed by atoms with Gasteiger partial charge in [0.05, 0.1) is 23.9 Å². The van der Waals surface area contributed by atoms with E-state index in [-0.39, 0.29) is 5.56 Å². The number of methoxy groups -OCH3 is 1. The van der Waals surface area contributed by atoms with Gasteiger partial charge in [0.15, 0.2) is 0 Å². The molecule has 4 heteroatoms. The Hall–Kier alpha value is -2.88. The van der Waals surface area contributed by atoms with Crippen LogP contribution >= 0.6 is 0 Å². The van der Waals surface area contributed by atoms with Gasteiger partial charge in [-0.25, -0.2) is 9.78 Å². The molecule has 0 amide bonds. The number of hydrogen-bond donors (Lipinski definition) is 1. The molecule has 1 heterocycles. The van der Waals surface area contributed by atoms with E-state index in [9.17, 15) is 9.90 Å². The van der Waals surface area contributed by atoms with Crippen molar-refractivity contribution in [2.75, 3.05) is 7.11 Å². The highest BCUT2D eigenvalue weighted by Crippen LogP contribution is 2.24. The minimum atomic E-state index is -0.972. The minimum Gasteiger partial charge on any atom is -0.497 e. The standard InChI is InChI=1S/C17H13NO3/c1-21-13-8-5-11(6-9-13)15-10-7-12-3-2-4-14(17(19)20)16(12)18-15/h2-10H,1H3,(H,19,20). The molecule has 0 aliphatic heterocycles. The van der Waals surface area contributed by atoms with E-state index in [2.05, 4.69) is 4.98 Å². The number of ether oxygens (including phenoxy) is 1. The molecule has 3 aromatic rings. The lowest BCUT2D eigenvalue weighted by atomic mass is 10.1. The second-order valence-corrected chi connectivity index (χ2v) is 4.61. The van der Waals surface area contributed by atoms with E-state index < -0.39 is 5.97 Å². The van der Waals surface area contributed by atoms with Gasteiger partial charge in [-0.1, -0.05) is 18.2 Å². The number of fused-ring (bicyclic) bond motifs is 1. The first-order valence-electron chi connectivity index (χ1n) is 6.46. The molecule has 0 aliphatic rings. The van der Waals surface area contributed by atoms with Crippen molar-refractivity contribution in [1.82, 2.24) is 4.98 Å². The Kier molecular flexibility index (Phi) is 3.28. The number of pyridine rings is 1. The van der Waals surface area contributed by atoms with Crippen molar-refractivity contribution in [3.63, 3.8) is 0 Å². The van der Waals surface area contributed by atoms with Gasteiger partial charge in [0, 0.05) is 10.9 Å². The maximum atomic E-state index is 11.3. The zero-order chi connectivity index (χ0) is 14.8. The summed E-state index contributed by atoms with van der Waals surface area (Å²) in [5.41, 5.74) is 2.36. The van der Waals surface area contributed by atoms with Crippen LogP contribution in [-0.2, 0) is 0 Å². The van der Waals surface area contributed by atoms with Crippen LogP contribution in [0, 0.1) is 0 Å². The number of aromatic nitrogens is 1. The summed E-state index contributed by atoms with van der Waals surface area (Å²) in [5.74, 6) is -0.203. The highest BCUT2D eigenvalue weighted by Gasteiger charge is 2.10. The summed E-state index contributed by atoms with van der Waals surface area (Å²) in [4.78, 5) is 15.8. The molecule has 21 heavy (non-hydrogen) atoms. The van der Waals surface area contributed by atoms with E-state index in [4.69, 9.17) is 4.74 Å². The van der Waals surface area contributed by atoms with Crippen LogP contribution in [0.25, 0.3) is 22.2 Å². The number of hydrogen-bond acceptors (Lipinski definition) is 3. The SMILES string of the molecule is COc1ccc(-c2ccc3cccc(C(=O)O)c3n2)cc1. The molecule has 2 aromatic carbocycles. The van der Waals surface area contributed by atoms with Gasteiger partial charge in [-0.15, -0.1) is 0 Å². The molecule has 0 bridgehead atoms. The fourth-order valence-corrected chi connectivity index (χ4v) is 2.24. The molecular formula is C17H13NO3. The van der Waals surface area contributed by atoms with Crippen molar-refractivity contribution >= 4 is 16.9 Å². The van der Waals surface area contributed by atoms with Crippen molar-refractivity contribution in [3.8, 4) is 17.0 Å². The number of para-hydroxylation sites is 1. The van der Waals surface area contributed by atoms with Crippen molar-refractivity contribution < 1.29 is 14.6 Å². The maximum absolute atomic E-state index is 11.3. The Balaban J connectivity index is 2.15. The van der Waals surface area contributed by atoms with Crippen LogP contribution in [0.4, 0.5) is 0 Å². The van der Waals surface area contributed by atoms with Crippen molar-refractivity contribution in [3.05, 3.63) is 60.2 Å². The van der Waals surface area contributed by atoms with Gasteiger partial charge in [0.25, 0.3) is 0 Å². The predicted octanol–water partition coefficient (Wildman–Crippen LogP) is 3.61. The molecule has 0 atom stereocenters. The average molecular weight is 279 g/mol. The summed E-state index contributed by atoms with van der Waals surface area (Å²) >= 11 is 0. The summed E-state index contributed by atoms with van der Waals surface area (Å²) in [6.07, 6.45) is 0. The van der Waals surface area contributed by atoms with Gasteiger partial charge >= 0.3 is 5.97 Å². The zero-order valence-electron chi connectivity index (χ0n) is 11.4. The van der Waals surface area contributed by atoms with Crippen LogP contribution in [0.2, 0.25) is 0 Å². The summed E-state index contributed by atoms with van der Waals surface area (Å²) in [7, 11) is 1.61. The Morgan fingerprint density at radius 1 is 1.05 bits per heavy atom. The largest absolute Gasteiger partial charge is 0.497 e. The lowest BCUT2D eigenvalue weighted by molar-refractivity contribution is 0.0699. The van der Waals surface area contributed by atoms with Gasteiger partial charge in [0.2, 0.25) is 0 Å². The van der Waals surface area contributed by atoms with Gasteiger partial charge in [-0.05, 0) is 36.4 Å². The highest BCUT2D eigenvalue weighted by atomic mass is 16.5. The topological polar surface area (TPSA) is 59.4 Å². The van der Waals surface area contributed by atoms with Crippen molar-refractivity contribution in [2.24, 2.45) is 0 Å². The van der Waals surface area contributed by atoms with Gasteiger partial charge in [0.1, 0.15) is 5.75 Å². The summed E-state index contributed by atoms with van der Waals surface area (Å²) in [6, 6.07) is 16.4. The third-order valence-corrected chi connectivity index (χ3v) is 3.34. The molecule has 4 nitrogen and oxygen atoms in total. The molecule has 0 radical (unpaired) electrons. The molecule has 1 N–H and O–H groups in total. The second-order valence-electron chi connectivity index (χ2n) is 4.61. The molecule has 0 aliphatic carbocycles. The number of carboxylic acid groups (broad SMARTS) is 1. The number of carbonyl (C=O) groups is 1. The summed E-state index contributed by atoms with van der Waals surface area (Å²) in [5, 5.41) is 10.1. The summed E-state index contributed by atoms with van der Waals surface area (Å²) in [6.45, 7) is 0. The molecule has 0 saturated heterocycles. The Labute approximate surface area is 121 Å². The van der Waals surface area contributed by atoms with Crippen LogP contribution in [0.3, 0.4) is 0 Å². The lowest BCUT2D eigenvalue weighted by Crippen LogP contribution is -1.99. The molecular weight excluding hydrogens is 266 g/mol. The van der Waals surface area contributed by atoms with Crippen molar-refractivity contribution in [1.29, 1.82) is 0 Å². The monoisotopic (exact) mass is 279 g/mol. The molecule has 0 saturated carbocycles. The van der Waals surface area contributed by atoms with Crippen LogP contribution in [0.5, 0.6) is 5.75 Å². The third kappa shape index (κ3) is 2.43. The first-order chi connectivity index (χ1) is 10.2. The first kappa shape index (κ1) is 13.1. The molecule has 104 valence electrons. The lowest BCUT2D eigenvalue weighted by Gasteiger charge is -2.06. The Morgan fingerprint density at radius 2 is 1.81 bits per heavy atom. The fraction of sp³-hybridized carbons (Fsp3) is 0.0588. The Bertz CT molecular complexity index is 810. The highest BCUT2D eigenvalue weighted by molar-refractivity contribution is 6.02. The van der Waals surface area contributed by atoms with Gasteiger partial charge in [-0.2, -0.15) is 0 Å². The van der Waals surface area contributed by atoms with E-state index in [0.29, 0.717) is 5.52 Å². The molecule has 0 fully saturated rings. The average Bonchev–Trinajstić information content (AvgIpc) is 2.53. The number of carboxylic acids is 1. The zero-order valence-corrected chi connectivity index (χ0v) is 11.4. The predicted molar refractivity (Wildman–Crippen MR) is 80.7 cm³/mol. The first-order valence-corrected chi connectivity index (χ1v) is 6.46. The van der Waals surface area contributed by atoms with Gasteiger partial charge < -0.3 is 9.84 Å². The molecule has 3 rings (SSSR count). The summed E-state index contributed by atoms with van der Waals surface area (Å²) < 4.78 is 5.13. The van der Waals surface area contributed by atoms with E-state index in [1.54, 1.807) is 19.2 Å². The number of nitrogens with zero attached hydrogens (tertiary/aromatic N) is 1. The smallest absolute Gasteiger partial charge is 0.337 e. The van der Waals surface area contributed by atoms with Crippen molar-refractivity contribution in [2.45, 2.75) is 0 Å². The number of aromatic carboxylic acids is 1. The molecule has 0 spiro atoms. The minimum absolute atomic E-state index is 0.211. The second kappa shape index (κ2) is 5.25. The maximum Gasteiger partial charge on any atom is 0.337 e. The van der Waals surface area contributed by atoms with E-state index in [1.807, 2.05) is 42.5 Å². The normalized spacial score (nSPS) is 10.5. The van der Waals surface area contributed by atoms with Crippen LogP contribution in [0.15, 0.2) is 54.6 Å². The van der Waals surface area contributed by atoms with Crippen LogP contribution < -0.4 is 4.74 Å². The molecule has 0 unspecified atom stereocenters. The van der Waals surface area contributed by atoms with E-state index >= 15 is 0 Å². The third-order valence-electron chi connectivity index (χ3n) is 3.34. The Morgan fingerprint density at radius 3 is 2.48 bits per heavy atom. The van der Waals surface area contributed by atoms with E-state index in [0.717, 1.165) is 22.4 Å². The van der Waals surface area contributed by atoms with Gasteiger partial charge in [-0.3, -0.25) is 0 Å². The number of rotatable bonds is 3. The quantitative estimate of drug-likeness (QED) is 0.795. The molecule has 1 aromatic heterocycles. The van der Waals surface area contributed by atoms with Crippen LogP contribution in [0.1, 0.15) is 10.4 Å². The van der Waals surface area contributed by atoms with E-state index in [1.165, 1.54) is 0 Å². The number of benzene rings is 2. The van der Waals surface area contributed by atoms with Crippen LogP contribution in [-0.4, -0.2) is 23.2 Å².